The standard InChI is InChI=1S/C8H15N/c1-2-8(6-9-5-1)7-3-4-7/h7-9H,1-6H2/t8-/m1/s1. The third-order valence-corrected chi connectivity index (χ3v) is 2.62. The minimum atomic E-state index is 1.05. The van der Waals surface area contributed by atoms with Crippen molar-refractivity contribution in [3.8, 4) is 0 Å². The summed E-state index contributed by atoms with van der Waals surface area (Å²) >= 11 is 0. The van der Waals surface area contributed by atoms with Crippen molar-refractivity contribution in [1.82, 2.24) is 5.32 Å². The molecule has 1 saturated carbocycles. The van der Waals surface area contributed by atoms with Crippen LogP contribution in [-0.4, -0.2) is 13.1 Å². The Labute approximate surface area is 56.8 Å². The molecular formula is C8H15N. The van der Waals surface area contributed by atoms with Gasteiger partial charge < -0.3 is 5.32 Å². The van der Waals surface area contributed by atoms with Gasteiger partial charge in [-0.3, -0.25) is 0 Å². The predicted molar refractivity (Wildman–Crippen MR) is 38.3 cm³/mol. The van der Waals surface area contributed by atoms with E-state index < -0.39 is 0 Å². The van der Waals surface area contributed by atoms with E-state index in [2.05, 4.69) is 5.32 Å². The second kappa shape index (κ2) is 2.30. The fourth-order valence-electron chi connectivity index (χ4n) is 1.85. The van der Waals surface area contributed by atoms with Crippen LogP contribution in [0.4, 0.5) is 0 Å². The van der Waals surface area contributed by atoms with Crippen LogP contribution < -0.4 is 5.32 Å². The lowest BCUT2D eigenvalue weighted by Gasteiger charge is -2.21. The highest BCUT2D eigenvalue weighted by atomic mass is 14.9. The number of hydrogen-bond donors (Lipinski definition) is 1. The van der Waals surface area contributed by atoms with E-state index in [1.54, 1.807) is 0 Å². The fraction of sp³-hybridized carbons (Fsp3) is 1.00. The maximum atomic E-state index is 3.46. The minimum absolute atomic E-state index is 1.05. The van der Waals surface area contributed by atoms with Gasteiger partial charge in [0.25, 0.3) is 0 Å². The van der Waals surface area contributed by atoms with Crippen LogP contribution in [0.15, 0.2) is 0 Å². The normalized spacial score (nSPS) is 36.7. The molecule has 2 fully saturated rings. The molecule has 1 atom stereocenters. The lowest BCUT2D eigenvalue weighted by atomic mass is 9.95. The van der Waals surface area contributed by atoms with Crippen molar-refractivity contribution >= 4 is 0 Å². The van der Waals surface area contributed by atoms with Crippen LogP contribution in [0.5, 0.6) is 0 Å². The van der Waals surface area contributed by atoms with Gasteiger partial charge in [-0.15, -0.1) is 0 Å². The van der Waals surface area contributed by atoms with Crippen LogP contribution >= 0.6 is 0 Å². The lowest BCUT2D eigenvalue weighted by molar-refractivity contribution is 0.341. The Morgan fingerprint density at radius 1 is 1.00 bits per heavy atom. The fourth-order valence-corrected chi connectivity index (χ4v) is 1.85. The summed E-state index contributed by atoms with van der Waals surface area (Å²) in [5.41, 5.74) is 0. The smallest absolute Gasteiger partial charge is 0.00179 e. The molecule has 9 heavy (non-hydrogen) atoms. The molecule has 0 aromatic heterocycles. The van der Waals surface area contributed by atoms with Gasteiger partial charge in [-0.05, 0) is 50.6 Å². The number of rotatable bonds is 1. The van der Waals surface area contributed by atoms with Gasteiger partial charge in [-0.2, -0.15) is 0 Å². The second-order valence-corrected chi connectivity index (χ2v) is 3.44. The molecule has 0 aromatic rings. The molecule has 0 aromatic carbocycles. The lowest BCUT2D eigenvalue weighted by Crippen LogP contribution is -2.30. The molecule has 0 amide bonds. The number of piperidine rings is 1. The van der Waals surface area contributed by atoms with Gasteiger partial charge in [0.2, 0.25) is 0 Å². The van der Waals surface area contributed by atoms with Crippen molar-refractivity contribution in [2.75, 3.05) is 13.1 Å². The minimum Gasteiger partial charge on any atom is -0.316 e. The molecular weight excluding hydrogens is 110 g/mol. The van der Waals surface area contributed by atoms with Crippen molar-refractivity contribution in [2.24, 2.45) is 11.8 Å². The van der Waals surface area contributed by atoms with E-state index in [0.717, 1.165) is 11.8 Å². The molecule has 0 radical (unpaired) electrons. The van der Waals surface area contributed by atoms with Crippen molar-refractivity contribution in [3.05, 3.63) is 0 Å². The van der Waals surface area contributed by atoms with E-state index in [1.165, 1.54) is 38.8 Å². The summed E-state index contributed by atoms with van der Waals surface area (Å²) in [6.45, 7) is 2.58. The molecule has 1 aliphatic heterocycles. The van der Waals surface area contributed by atoms with Crippen molar-refractivity contribution in [1.29, 1.82) is 0 Å². The quantitative estimate of drug-likeness (QED) is 0.558. The molecule has 2 rings (SSSR count). The van der Waals surface area contributed by atoms with Gasteiger partial charge in [-0.25, -0.2) is 0 Å². The molecule has 1 saturated heterocycles. The first kappa shape index (κ1) is 5.72. The number of hydrogen-bond acceptors (Lipinski definition) is 1. The van der Waals surface area contributed by atoms with E-state index in [0.29, 0.717) is 0 Å². The SMILES string of the molecule is C1CNC[C@H](C2CC2)C1. The third-order valence-electron chi connectivity index (χ3n) is 2.62. The van der Waals surface area contributed by atoms with Gasteiger partial charge in [0.1, 0.15) is 0 Å². The topological polar surface area (TPSA) is 12.0 Å². The average molecular weight is 125 g/mol. The average Bonchev–Trinajstić information content (AvgIpc) is 2.71. The van der Waals surface area contributed by atoms with Crippen molar-refractivity contribution in [3.63, 3.8) is 0 Å². The first-order valence-corrected chi connectivity index (χ1v) is 4.17. The summed E-state index contributed by atoms with van der Waals surface area (Å²) in [6.07, 6.45) is 5.96. The van der Waals surface area contributed by atoms with Crippen LogP contribution in [0, 0.1) is 11.8 Å². The van der Waals surface area contributed by atoms with Crippen LogP contribution in [0.2, 0.25) is 0 Å². The summed E-state index contributed by atoms with van der Waals surface area (Å²) in [5.74, 6) is 2.18. The molecule has 1 N–H and O–H groups in total. The Balaban J connectivity index is 1.80. The van der Waals surface area contributed by atoms with Crippen molar-refractivity contribution in [2.45, 2.75) is 25.7 Å². The highest BCUT2D eigenvalue weighted by Gasteiger charge is 2.31. The maximum absolute atomic E-state index is 3.46. The van der Waals surface area contributed by atoms with E-state index in [9.17, 15) is 0 Å². The Bertz CT molecular complexity index is 90.7. The summed E-state index contributed by atoms with van der Waals surface area (Å²) in [4.78, 5) is 0. The zero-order chi connectivity index (χ0) is 6.10. The first-order chi connectivity index (χ1) is 4.47. The Morgan fingerprint density at radius 2 is 1.89 bits per heavy atom. The molecule has 1 heterocycles. The monoisotopic (exact) mass is 125 g/mol. The van der Waals surface area contributed by atoms with Crippen LogP contribution in [-0.2, 0) is 0 Å². The predicted octanol–water partition coefficient (Wildman–Crippen LogP) is 1.40. The molecule has 0 unspecified atom stereocenters. The van der Waals surface area contributed by atoms with E-state index >= 15 is 0 Å². The molecule has 52 valence electrons. The third kappa shape index (κ3) is 1.26. The van der Waals surface area contributed by atoms with Crippen LogP contribution in [0.1, 0.15) is 25.7 Å². The van der Waals surface area contributed by atoms with Gasteiger partial charge in [0.15, 0.2) is 0 Å². The highest BCUT2D eigenvalue weighted by molar-refractivity contribution is 4.84. The zero-order valence-electron chi connectivity index (χ0n) is 5.90. The van der Waals surface area contributed by atoms with Crippen molar-refractivity contribution < 1.29 is 0 Å². The Morgan fingerprint density at radius 3 is 2.44 bits per heavy atom. The summed E-state index contributed by atoms with van der Waals surface area (Å²) < 4.78 is 0. The van der Waals surface area contributed by atoms with Gasteiger partial charge in [-0.1, -0.05) is 0 Å². The Hall–Kier alpha value is -0.0400. The second-order valence-electron chi connectivity index (χ2n) is 3.44. The summed E-state index contributed by atoms with van der Waals surface area (Å²) in [7, 11) is 0. The van der Waals surface area contributed by atoms with Gasteiger partial charge in [0, 0.05) is 0 Å². The largest absolute Gasteiger partial charge is 0.316 e. The Kier molecular flexibility index (Phi) is 1.46. The molecule has 0 bridgehead atoms. The van der Waals surface area contributed by atoms with E-state index in [1.807, 2.05) is 0 Å². The van der Waals surface area contributed by atoms with Gasteiger partial charge >= 0.3 is 0 Å². The van der Waals surface area contributed by atoms with E-state index in [4.69, 9.17) is 0 Å². The van der Waals surface area contributed by atoms with Crippen LogP contribution in [0.3, 0.4) is 0 Å². The molecule has 0 spiro atoms. The van der Waals surface area contributed by atoms with Gasteiger partial charge in [0.05, 0.1) is 0 Å². The molecule has 1 heteroatoms. The first-order valence-electron chi connectivity index (χ1n) is 4.17. The zero-order valence-corrected chi connectivity index (χ0v) is 5.90. The highest BCUT2D eigenvalue weighted by Crippen LogP contribution is 2.39. The maximum Gasteiger partial charge on any atom is -0.00179 e. The summed E-state index contributed by atoms with van der Waals surface area (Å²) in [6, 6.07) is 0. The molecule has 2 aliphatic rings. The molecule has 1 nitrogen and oxygen atoms in total. The molecule has 1 aliphatic carbocycles. The summed E-state index contributed by atoms with van der Waals surface area (Å²) in [5, 5.41) is 3.46. The van der Waals surface area contributed by atoms with Crippen LogP contribution in [0.25, 0.3) is 0 Å². The van der Waals surface area contributed by atoms with E-state index in [-0.39, 0.29) is 0 Å². The number of nitrogens with one attached hydrogen (secondary N) is 1.